The molecule has 1 aromatic carbocycles. The average molecular weight is 329 g/mol. The topological polar surface area (TPSA) is 73.2 Å². The molecule has 1 amide bonds. The molecule has 0 aliphatic carbocycles. The van der Waals surface area contributed by atoms with Crippen molar-refractivity contribution in [2.75, 3.05) is 12.4 Å². The van der Waals surface area contributed by atoms with E-state index in [2.05, 4.69) is 17.3 Å². The van der Waals surface area contributed by atoms with Crippen LogP contribution in [-0.2, 0) is 11.2 Å². The fraction of sp³-hybridized carbons (Fsp3) is 0.389. The van der Waals surface area contributed by atoms with Crippen molar-refractivity contribution in [1.82, 2.24) is 9.78 Å². The second kappa shape index (κ2) is 7.77. The number of aromatic nitrogens is 2. The molecule has 1 N–H and O–H groups in total. The molecule has 6 nitrogen and oxygen atoms in total. The molecule has 6 heteroatoms. The van der Waals surface area contributed by atoms with Gasteiger partial charge in [-0.05, 0) is 38.5 Å². The van der Waals surface area contributed by atoms with Gasteiger partial charge in [0.25, 0.3) is 0 Å². The summed E-state index contributed by atoms with van der Waals surface area (Å²) in [5, 5.41) is 7.13. The minimum atomic E-state index is -0.181. The minimum Gasteiger partial charge on any atom is -0.496 e. The van der Waals surface area contributed by atoms with Gasteiger partial charge in [-0.2, -0.15) is 5.10 Å². The molecule has 0 spiro atoms. The molecule has 1 aromatic heterocycles. The molecule has 0 saturated carbocycles. The second-order valence-corrected chi connectivity index (χ2v) is 5.73. The van der Waals surface area contributed by atoms with Gasteiger partial charge in [0.15, 0.2) is 5.78 Å². The predicted octanol–water partition coefficient (Wildman–Crippen LogP) is 3.25. The normalized spacial score (nSPS) is 11.8. The number of carbonyl (C=O) groups excluding carboxylic acids is 2. The Hall–Kier alpha value is -2.63. The van der Waals surface area contributed by atoms with E-state index in [1.165, 1.54) is 6.92 Å². The molecule has 24 heavy (non-hydrogen) atoms. The predicted molar refractivity (Wildman–Crippen MR) is 92.6 cm³/mol. The molecule has 0 fully saturated rings. The van der Waals surface area contributed by atoms with Gasteiger partial charge >= 0.3 is 0 Å². The number of carbonyl (C=O) groups is 2. The molecule has 1 unspecified atom stereocenters. The molecule has 1 atom stereocenters. The molecule has 128 valence electrons. The monoisotopic (exact) mass is 329 g/mol. The number of nitrogens with one attached hydrogen (secondary N) is 1. The maximum absolute atomic E-state index is 12.4. The van der Waals surface area contributed by atoms with Crippen LogP contribution in [0.4, 0.5) is 5.82 Å². The summed E-state index contributed by atoms with van der Waals surface area (Å²) >= 11 is 0. The van der Waals surface area contributed by atoms with E-state index in [9.17, 15) is 9.59 Å². The molecule has 0 radical (unpaired) electrons. The summed E-state index contributed by atoms with van der Waals surface area (Å²) in [5.41, 5.74) is 1.24. The maximum Gasteiger partial charge on any atom is 0.230 e. The van der Waals surface area contributed by atoms with E-state index in [4.69, 9.17) is 4.74 Å². The van der Waals surface area contributed by atoms with Gasteiger partial charge in [0.05, 0.1) is 25.8 Å². The van der Waals surface area contributed by atoms with Crippen molar-refractivity contribution in [2.45, 2.75) is 39.7 Å². The van der Waals surface area contributed by atoms with Gasteiger partial charge in [-0.15, -0.1) is 0 Å². The van der Waals surface area contributed by atoms with Crippen molar-refractivity contribution < 1.29 is 14.3 Å². The van der Waals surface area contributed by atoms with Gasteiger partial charge in [0.2, 0.25) is 5.91 Å². The number of hydrogen-bond acceptors (Lipinski definition) is 4. The van der Waals surface area contributed by atoms with Crippen LogP contribution in [0, 0.1) is 0 Å². The van der Waals surface area contributed by atoms with Crippen molar-refractivity contribution in [3.8, 4) is 5.75 Å². The van der Waals surface area contributed by atoms with Crippen LogP contribution < -0.4 is 10.1 Å². The molecule has 1 heterocycles. The number of anilines is 1. The Morgan fingerprint density at radius 2 is 2.08 bits per heavy atom. The summed E-state index contributed by atoms with van der Waals surface area (Å²) in [6, 6.07) is 7.08. The number of ether oxygens (including phenoxy) is 1. The van der Waals surface area contributed by atoms with Crippen LogP contribution in [0.15, 0.2) is 30.5 Å². The number of amides is 1. The number of ketones is 1. The van der Waals surface area contributed by atoms with E-state index >= 15 is 0 Å². The fourth-order valence-corrected chi connectivity index (χ4v) is 2.43. The van der Waals surface area contributed by atoms with Crippen LogP contribution >= 0.6 is 0 Å². The Balaban J connectivity index is 2.17. The molecule has 0 aliphatic rings. The van der Waals surface area contributed by atoms with Gasteiger partial charge in [-0.3, -0.25) is 9.59 Å². The van der Waals surface area contributed by atoms with Crippen molar-refractivity contribution in [2.24, 2.45) is 0 Å². The standard InChI is InChI=1S/C18H23N3O3/c1-5-12(2)21-17(8-9-19-21)20-18(23)11-15-10-14(13(3)22)6-7-16(15)24-4/h6-10,12H,5,11H2,1-4H3,(H,20,23). The van der Waals surface area contributed by atoms with E-state index in [1.54, 1.807) is 42.3 Å². The lowest BCUT2D eigenvalue weighted by Gasteiger charge is -2.15. The van der Waals surface area contributed by atoms with Crippen molar-refractivity contribution >= 4 is 17.5 Å². The molecule has 0 saturated heterocycles. The van der Waals surface area contributed by atoms with Crippen molar-refractivity contribution in [1.29, 1.82) is 0 Å². The molecule has 0 aliphatic heterocycles. The first kappa shape index (κ1) is 17.7. The Kier molecular flexibility index (Phi) is 5.73. The molecule has 2 aromatic rings. The highest BCUT2D eigenvalue weighted by molar-refractivity contribution is 5.96. The van der Waals surface area contributed by atoms with Gasteiger partial charge in [0, 0.05) is 17.2 Å². The van der Waals surface area contributed by atoms with Gasteiger partial charge in [-0.25, -0.2) is 4.68 Å². The van der Waals surface area contributed by atoms with Crippen LogP contribution in [0.3, 0.4) is 0 Å². The Labute approximate surface area is 141 Å². The highest BCUT2D eigenvalue weighted by Crippen LogP contribution is 2.22. The quantitative estimate of drug-likeness (QED) is 0.791. The van der Waals surface area contributed by atoms with Crippen LogP contribution in [0.5, 0.6) is 5.75 Å². The maximum atomic E-state index is 12.4. The van der Waals surface area contributed by atoms with Crippen molar-refractivity contribution in [3.05, 3.63) is 41.6 Å². The van der Waals surface area contributed by atoms with E-state index in [-0.39, 0.29) is 24.2 Å². The van der Waals surface area contributed by atoms with Crippen LogP contribution in [0.1, 0.15) is 49.2 Å². The Morgan fingerprint density at radius 1 is 1.33 bits per heavy atom. The number of methoxy groups -OCH3 is 1. The third-order valence-corrected chi connectivity index (χ3v) is 3.98. The van der Waals surface area contributed by atoms with Gasteiger partial charge in [0.1, 0.15) is 11.6 Å². The van der Waals surface area contributed by atoms with Crippen LogP contribution in [0.2, 0.25) is 0 Å². The summed E-state index contributed by atoms with van der Waals surface area (Å²) in [6.07, 6.45) is 2.70. The highest BCUT2D eigenvalue weighted by atomic mass is 16.5. The van der Waals surface area contributed by atoms with Crippen molar-refractivity contribution in [3.63, 3.8) is 0 Å². The lowest BCUT2D eigenvalue weighted by atomic mass is 10.0. The third-order valence-electron chi connectivity index (χ3n) is 3.98. The lowest BCUT2D eigenvalue weighted by molar-refractivity contribution is -0.115. The number of rotatable bonds is 7. The smallest absolute Gasteiger partial charge is 0.230 e. The number of hydrogen-bond donors (Lipinski definition) is 1. The summed E-state index contributed by atoms with van der Waals surface area (Å²) in [4.78, 5) is 23.9. The summed E-state index contributed by atoms with van der Waals surface area (Å²) in [7, 11) is 1.54. The van der Waals surface area contributed by atoms with Crippen LogP contribution in [0.25, 0.3) is 0 Å². The van der Waals surface area contributed by atoms with E-state index in [0.29, 0.717) is 22.7 Å². The van der Waals surface area contributed by atoms with Crippen LogP contribution in [-0.4, -0.2) is 28.6 Å². The molecular weight excluding hydrogens is 306 g/mol. The van der Waals surface area contributed by atoms with E-state index in [0.717, 1.165) is 6.42 Å². The molecule has 2 rings (SSSR count). The second-order valence-electron chi connectivity index (χ2n) is 5.73. The zero-order valence-corrected chi connectivity index (χ0v) is 14.5. The first-order valence-corrected chi connectivity index (χ1v) is 7.97. The van der Waals surface area contributed by atoms with Gasteiger partial charge in [-0.1, -0.05) is 6.92 Å². The zero-order valence-electron chi connectivity index (χ0n) is 14.5. The number of nitrogens with zero attached hydrogens (tertiary/aromatic N) is 2. The highest BCUT2D eigenvalue weighted by Gasteiger charge is 2.14. The number of benzene rings is 1. The first-order chi connectivity index (χ1) is 11.5. The van der Waals surface area contributed by atoms with E-state index < -0.39 is 0 Å². The first-order valence-electron chi connectivity index (χ1n) is 7.97. The average Bonchev–Trinajstić information content (AvgIpc) is 3.01. The fourth-order valence-electron chi connectivity index (χ4n) is 2.43. The summed E-state index contributed by atoms with van der Waals surface area (Å²) in [5.74, 6) is 1.02. The van der Waals surface area contributed by atoms with E-state index in [1.807, 2.05) is 6.92 Å². The lowest BCUT2D eigenvalue weighted by Crippen LogP contribution is -2.19. The SMILES string of the molecule is CCC(C)n1nccc1NC(=O)Cc1cc(C(C)=O)ccc1OC. The summed E-state index contributed by atoms with van der Waals surface area (Å²) < 4.78 is 7.08. The Morgan fingerprint density at radius 3 is 2.71 bits per heavy atom. The third kappa shape index (κ3) is 4.01. The molecule has 0 bridgehead atoms. The summed E-state index contributed by atoms with van der Waals surface area (Å²) in [6.45, 7) is 5.61. The van der Waals surface area contributed by atoms with Gasteiger partial charge < -0.3 is 10.1 Å². The minimum absolute atomic E-state index is 0.0471. The Bertz CT molecular complexity index is 737. The zero-order chi connectivity index (χ0) is 17.7. The largest absolute Gasteiger partial charge is 0.496 e. The molecular formula is C18H23N3O3. The number of Topliss-reactive ketones (excluding diaryl/α,β-unsaturated/α-hetero) is 1.